The van der Waals surface area contributed by atoms with E-state index in [1.165, 1.54) is 0 Å². The smallest absolute Gasteiger partial charge is 0.407 e. The quantitative estimate of drug-likeness (QED) is 0.739. The van der Waals surface area contributed by atoms with Gasteiger partial charge in [-0.3, -0.25) is 0 Å². The fourth-order valence-corrected chi connectivity index (χ4v) is 1.70. The van der Waals surface area contributed by atoms with Crippen LogP contribution in [0.1, 0.15) is 5.69 Å². The Labute approximate surface area is 73.6 Å². The van der Waals surface area contributed by atoms with Crippen LogP contribution >= 0.6 is 11.3 Å². The number of aromatic nitrogens is 1. The lowest BCUT2D eigenvalue weighted by Gasteiger charge is -2.02. The zero-order valence-corrected chi connectivity index (χ0v) is 7.13. The number of hydrogen-bond acceptors (Lipinski definition) is 4. The second-order valence-corrected chi connectivity index (χ2v) is 3.34. The Kier molecular flexibility index (Phi) is 1.95. The number of nitrogens with one attached hydrogen (secondary N) is 1. The van der Waals surface area contributed by atoms with Crippen LogP contribution in [0, 0.1) is 0 Å². The van der Waals surface area contributed by atoms with E-state index >= 15 is 0 Å². The molecule has 1 N–H and O–H groups in total. The summed E-state index contributed by atoms with van der Waals surface area (Å²) in [6, 6.07) is 0.0969. The Morgan fingerprint density at radius 3 is 3.33 bits per heavy atom. The molecule has 1 aromatic heterocycles. The molecule has 12 heavy (non-hydrogen) atoms. The van der Waals surface area contributed by atoms with Crippen LogP contribution in [-0.2, 0) is 11.2 Å². The number of ether oxygens (including phenoxy) is 1. The maximum Gasteiger partial charge on any atom is 0.407 e. The molecule has 64 valence electrons. The summed E-state index contributed by atoms with van der Waals surface area (Å²) in [7, 11) is 0. The van der Waals surface area contributed by atoms with Crippen molar-refractivity contribution >= 4 is 17.4 Å². The number of carbonyl (C=O) groups excluding carboxylic acids is 1. The van der Waals surface area contributed by atoms with E-state index in [9.17, 15) is 4.79 Å². The van der Waals surface area contributed by atoms with Crippen LogP contribution in [0.5, 0.6) is 0 Å². The van der Waals surface area contributed by atoms with Crippen LogP contribution < -0.4 is 5.32 Å². The van der Waals surface area contributed by atoms with Gasteiger partial charge in [-0.25, -0.2) is 9.78 Å². The van der Waals surface area contributed by atoms with Gasteiger partial charge in [0.05, 0.1) is 17.2 Å². The highest BCUT2D eigenvalue weighted by Crippen LogP contribution is 2.07. The van der Waals surface area contributed by atoms with Gasteiger partial charge in [-0.2, -0.15) is 0 Å². The van der Waals surface area contributed by atoms with Gasteiger partial charge in [0.1, 0.15) is 6.61 Å². The molecule has 0 bridgehead atoms. The molecule has 1 aliphatic rings. The van der Waals surface area contributed by atoms with E-state index in [0.717, 1.165) is 12.1 Å². The molecule has 0 aromatic carbocycles. The van der Waals surface area contributed by atoms with Crippen molar-refractivity contribution in [2.24, 2.45) is 0 Å². The maximum absolute atomic E-state index is 10.6. The first kappa shape index (κ1) is 7.54. The maximum atomic E-state index is 10.6. The molecule has 2 heterocycles. The Bertz CT molecular complexity index is 273. The van der Waals surface area contributed by atoms with Crippen molar-refractivity contribution in [3.8, 4) is 0 Å². The number of carbonyl (C=O) groups is 1. The largest absolute Gasteiger partial charge is 0.447 e. The molecule has 1 aromatic rings. The lowest BCUT2D eigenvalue weighted by atomic mass is 10.2. The second-order valence-electron chi connectivity index (χ2n) is 2.62. The van der Waals surface area contributed by atoms with E-state index in [-0.39, 0.29) is 12.1 Å². The first-order chi connectivity index (χ1) is 5.84. The van der Waals surface area contributed by atoms with Gasteiger partial charge in [-0.05, 0) is 0 Å². The SMILES string of the molecule is O=C1NC(Cc2cscn2)CO1. The van der Waals surface area contributed by atoms with Crippen molar-refractivity contribution in [3.05, 3.63) is 16.6 Å². The zero-order valence-electron chi connectivity index (χ0n) is 6.32. The number of rotatable bonds is 2. The van der Waals surface area contributed by atoms with Gasteiger partial charge >= 0.3 is 6.09 Å². The van der Waals surface area contributed by atoms with Crippen molar-refractivity contribution in [1.82, 2.24) is 10.3 Å². The van der Waals surface area contributed by atoms with Crippen molar-refractivity contribution in [2.45, 2.75) is 12.5 Å². The number of hydrogen-bond donors (Lipinski definition) is 1. The summed E-state index contributed by atoms with van der Waals surface area (Å²) in [5, 5.41) is 4.67. The third-order valence-electron chi connectivity index (χ3n) is 1.68. The van der Waals surface area contributed by atoms with Crippen molar-refractivity contribution in [3.63, 3.8) is 0 Å². The van der Waals surface area contributed by atoms with Crippen LogP contribution in [-0.4, -0.2) is 23.7 Å². The molecule has 0 saturated carbocycles. The van der Waals surface area contributed by atoms with E-state index in [1.54, 1.807) is 16.8 Å². The highest BCUT2D eigenvalue weighted by Gasteiger charge is 2.22. The summed E-state index contributed by atoms with van der Waals surface area (Å²) in [6.07, 6.45) is 0.435. The van der Waals surface area contributed by atoms with Gasteiger partial charge in [0.2, 0.25) is 0 Å². The van der Waals surface area contributed by atoms with Gasteiger partial charge in [-0.15, -0.1) is 11.3 Å². The van der Waals surface area contributed by atoms with Crippen molar-refractivity contribution in [1.29, 1.82) is 0 Å². The molecular weight excluding hydrogens is 176 g/mol. The van der Waals surface area contributed by atoms with E-state index in [0.29, 0.717) is 6.61 Å². The third-order valence-corrected chi connectivity index (χ3v) is 2.31. The molecule has 1 aliphatic heterocycles. The van der Waals surface area contributed by atoms with Crippen molar-refractivity contribution < 1.29 is 9.53 Å². The molecule has 0 aliphatic carbocycles. The van der Waals surface area contributed by atoms with E-state index in [2.05, 4.69) is 10.3 Å². The van der Waals surface area contributed by atoms with E-state index in [1.807, 2.05) is 5.38 Å². The van der Waals surface area contributed by atoms with Crippen LogP contribution in [0.2, 0.25) is 0 Å². The monoisotopic (exact) mass is 184 g/mol. The molecule has 1 saturated heterocycles. The molecule has 0 spiro atoms. The van der Waals surface area contributed by atoms with E-state index < -0.39 is 0 Å². The first-order valence-corrected chi connectivity index (χ1v) is 4.59. The summed E-state index contributed by atoms with van der Waals surface area (Å²) in [5.41, 5.74) is 2.79. The number of amides is 1. The average molecular weight is 184 g/mol. The normalized spacial score (nSPS) is 22.0. The standard InChI is InChI=1S/C7H8N2O2S/c10-7-9-5(2-11-7)1-6-3-12-4-8-6/h3-5H,1-2H2,(H,9,10). The van der Waals surface area contributed by atoms with Crippen LogP contribution in [0.3, 0.4) is 0 Å². The minimum atomic E-state index is -0.324. The number of cyclic esters (lactones) is 1. The molecule has 1 fully saturated rings. The van der Waals surface area contributed by atoms with Crippen molar-refractivity contribution in [2.75, 3.05) is 6.61 Å². The molecule has 4 nitrogen and oxygen atoms in total. The number of thiazole rings is 1. The number of alkyl carbamates (subject to hydrolysis) is 1. The van der Waals surface area contributed by atoms with Gasteiger partial charge in [0.15, 0.2) is 0 Å². The summed E-state index contributed by atoms with van der Waals surface area (Å²) >= 11 is 1.56. The first-order valence-electron chi connectivity index (χ1n) is 3.65. The molecule has 5 heteroatoms. The van der Waals surface area contributed by atoms with Gasteiger partial charge in [0, 0.05) is 11.8 Å². The minimum absolute atomic E-state index is 0.0969. The predicted molar refractivity (Wildman–Crippen MR) is 44.1 cm³/mol. The van der Waals surface area contributed by atoms with Crippen LogP contribution in [0.15, 0.2) is 10.9 Å². The Hall–Kier alpha value is -1.10. The Balaban J connectivity index is 1.92. The third kappa shape index (κ3) is 1.55. The molecule has 1 amide bonds. The molecule has 0 radical (unpaired) electrons. The fourth-order valence-electron chi connectivity index (χ4n) is 1.13. The fraction of sp³-hybridized carbons (Fsp3) is 0.429. The van der Waals surface area contributed by atoms with Gasteiger partial charge in [0.25, 0.3) is 0 Å². The highest BCUT2D eigenvalue weighted by molar-refractivity contribution is 7.07. The van der Waals surface area contributed by atoms with Gasteiger partial charge in [-0.1, -0.05) is 0 Å². The molecule has 1 unspecified atom stereocenters. The van der Waals surface area contributed by atoms with Crippen LogP contribution in [0.4, 0.5) is 4.79 Å². The Morgan fingerprint density at radius 1 is 1.83 bits per heavy atom. The predicted octanol–water partition coefficient (Wildman–Crippen LogP) is 0.794. The topological polar surface area (TPSA) is 51.2 Å². The highest BCUT2D eigenvalue weighted by atomic mass is 32.1. The van der Waals surface area contributed by atoms with Gasteiger partial charge < -0.3 is 10.1 Å². The lowest BCUT2D eigenvalue weighted by molar-refractivity contribution is 0.177. The minimum Gasteiger partial charge on any atom is -0.447 e. The van der Waals surface area contributed by atoms with Crippen LogP contribution in [0.25, 0.3) is 0 Å². The molecule has 1 atom stereocenters. The summed E-state index contributed by atoms with van der Waals surface area (Å²) in [4.78, 5) is 14.7. The zero-order chi connectivity index (χ0) is 8.39. The average Bonchev–Trinajstić information content (AvgIpc) is 2.63. The lowest BCUT2D eigenvalue weighted by Crippen LogP contribution is -2.28. The summed E-state index contributed by atoms with van der Waals surface area (Å²) in [6.45, 7) is 0.455. The molecular formula is C7H8N2O2S. The summed E-state index contributed by atoms with van der Waals surface area (Å²) in [5.74, 6) is 0. The van der Waals surface area contributed by atoms with E-state index in [4.69, 9.17) is 4.74 Å². The Morgan fingerprint density at radius 2 is 2.75 bits per heavy atom. The molecule has 2 rings (SSSR count). The summed E-state index contributed by atoms with van der Waals surface area (Å²) < 4.78 is 4.74. The number of nitrogens with zero attached hydrogens (tertiary/aromatic N) is 1. The second kappa shape index (κ2) is 3.10.